The molecule has 1 aliphatic heterocycles. The van der Waals surface area contributed by atoms with Gasteiger partial charge in [-0.2, -0.15) is 5.10 Å². The van der Waals surface area contributed by atoms with Crippen molar-refractivity contribution in [3.05, 3.63) is 35.5 Å². The number of carbonyl (C=O) groups excluding carboxylic acids is 1. The van der Waals surface area contributed by atoms with E-state index in [0.717, 1.165) is 26.2 Å². The Balaban J connectivity index is 1.46. The topological polar surface area (TPSA) is 73.4 Å². The van der Waals surface area contributed by atoms with Gasteiger partial charge in [0.2, 0.25) is 0 Å². The summed E-state index contributed by atoms with van der Waals surface area (Å²) in [5.74, 6) is 0.302. The van der Waals surface area contributed by atoms with Crippen LogP contribution in [0.1, 0.15) is 41.1 Å². The highest BCUT2D eigenvalue weighted by atomic mass is 16.5. The van der Waals surface area contributed by atoms with E-state index >= 15 is 0 Å². The first-order valence-corrected chi connectivity index (χ1v) is 8.05. The highest BCUT2D eigenvalue weighted by Gasteiger charge is 2.13. The predicted molar refractivity (Wildman–Crippen MR) is 82.9 cm³/mol. The van der Waals surface area contributed by atoms with Crippen LogP contribution in [0.2, 0.25) is 0 Å². The molecule has 3 heterocycles. The Morgan fingerprint density at radius 3 is 2.87 bits per heavy atom. The van der Waals surface area contributed by atoms with Gasteiger partial charge in [0, 0.05) is 18.8 Å². The smallest absolute Gasteiger partial charge is 0.341 e. The average Bonchev–Trinajstić information content (AvgIpc) is 3.21. The second-order valence-corrected chi connectivity index (χ2v) is 5.90. The molecule has 7 heteroatoms. The number of esters is 1. The van der Waals surface area contributed by atoms with Gasteiger partial charge in [0.25, 0.3) is 0 Å². The molecule has 7 nitrogen and oxygen atoms in total. The van der Waals surface area contributed by atoms with Crippen molar-refractivity contribution < 1.29 is 14.1 Å². The van der Waals surface area contributed by atoms with Gasteiger partial charge in [-0.3, -0.25) is 4.68 Å². The van der Waals surface area contributed by atoms with Crippen molar-refractivity contribution in [1.29, 1.82) is 0 Å². The normalized spacial score (nSPS) is 15.7. The number of likely N-dealkylation sites (tertiary alicyclic amines) is 1. The molecule has 0 amide bonds. The van der Waals surface area contributed by atoms with Crippen LogP contribution in [0.5, 0.6) is 0 Å². The van der Waals surface area contributed by atoms with E-state index in [1.54, 1.807) is 30.1 Å². The fourth-order valence-electron chi connectivity index (χ4n) is 2.73. The maximum absolute atomic E-state index is 12.0. The number of carbonyl (C=O) groups is 1. The van der Waals surface area contributed by atoms with E-state index in [9.17, 15) is 4.79 Å². The van der Waals surface area contributed by atoms with E-state index in [-0.39, 0.29) is 6.61 Å². The number of ether oxygens (including phenoxy) is 1. The quantitative estimate of drug-likeness (QED) is 0.759. The van der Waals surface area contributed by atoms with Crippen molar-refractivity contribution >= 4 is 5.97 Å². The number of aromatic nitrogens is 3. The molecular weight excluding hydrogens is 296 g/mol. The summed E-state index contributed by atoms with van der Waals surface area (Å²) in [7, 11) is 0. The van der Waals surface area contributed by atoms with Crippen molar-refractivity contribution in [3.8, 4) is 0 Å². The Hall–Kier alpha value is -2.15. The molecule has 124 valence electrons. The van der Waals surface area contributed by atoms with Gasteiger partial charge >= 0.3 is 5.97 Å². The monoisotopic (exact) mass is 318 g/mol. The summed E-state index contributed by atoms with van der Waals surface area (Å²) in [6.07, 6.45) is 7.17. The van der Waals surface area contributed by atoms with Crippen LogP contribution >= 0.6 is 0 Å². The van der Waals surface area contributed by atoms with Crippen LogP contribution in [0.15, 0.2) is 23.0 Å². The lowest BCUT2D eigenvalue weighted by Gasteiger charge is -2.26. The zero-order valence-electron chi connectivity index (χ0n) is 13.4. The Morgan fingerprint density at radius 1 is 1.30 bits per heavy atom. The summed E-state index contributed by atoms with van der Waals surface area (Å²) >= 11 is 0. The number of aryl methyl sites for hydroxylation is 1. The zero-order chi connectivity index (χ0) is 16.1. The van der Waals surface area contributed by atoms with Crippen molar-refractivity contribution in [3.63, 3.8) is 0 Å². The molecule has 0 aliphatic carbocycles. The van der Waals surface area contributed by atoms with Crippen LogP contribution in [0.25, 0.3) is 0 Å². The van der Waals surface area contributed by atoms with Gasteiger partial charge in [0.15, 0.2) is 0 Å². The van der Waals surface area contributed by atoms with Gasteiger partial charge in [-0.05, 0) is 32.9 Å². The lowest BCUT2D eigenvalue weighted by Crippen LogP contribution is -2.32. The fourth-order valence-corrected chi connectivity index (χ4v) is 2.73. The summed E-state index contributed by atoms with van der Waals surface area (Å²) in [5, 5.41) is 8.03. The van der Waals surface area contributed by atoms with E-state index < -0.39 is 5.97 Å². The average molecular weight is 318 g/mol. The largest absolute Gasteiger partial charge is 0.455 e. The van der Waals surface area contributed by atoms with Crippen LogP contribution in [-0.2, 0) is 17.9 Å². The van der Waals surface area contributed by atoms with Gasteiger partial charge in [0.1, 0.15) is 18.1 Å². The molecule has 2 aromatic rings. The first kappa shape index (κ1) is 15.7. The van der Waals surface area contributed by atoms with Gasteiger partial charge in [-0.1, -0.05) is 11.6 Å². The van der Waals surface area contributed by atoms with E-state index in [2.05, 4.69) is 15.2 Å². The number of nitrogens with zero attached hydrogens (tertiary/aromatic N) is 4. The van der Waals surface area contributed by atoms with E-state index in [0.29, 0.717) is 17.0 Å². The molecule has 2 aromatic heterocycles. The summed E-state index contributed by atoms with van der Waals surface area (Å²) in [5.41, 5.74) is 1.07. The molecule has 0 unspecified atom stereocenters. The minimum Gasteiger partial charge on any atom is -0.455 e. The molecule has 1 saturated heterocycles. The molecule has 1 fully saturated rings. The van der Waals surface area contributed by atoms with Crippen molar-refractivity contribution in [2.75, 3.05) is 19.6 Å². The molecule has 0 radical (unpaired) electrons. The maximum Gasteiger partial charge on any atom is 0.341 e. The third-order valence-electron chi connectivity index (χ3n) is 3.99. The highest BCUT2D eigenvalue weighted by Crippen LogP contribution is 2.09. The summed E-state index contributed by atoms with van der Waals surface area (Å²) in [4.78, 5) is 14.4. The van der Waals surface area contributed by atoms with Crippen LogP contribution in [0.4, 0.5) is 0 Å². The highest BCUT2D eigenvalue weighted by molar-refractivity contribution is 5.88. The molecule has 0 bridgehead atoms. The third kappa shape index (κ3) is 4.41. The van der Waals surface area contributed by atoms with E-state index in [4.69, 9.17) is 9.26 Å². The Bertz CT molecular complexity index is 643. The first-order valence-electron chi connectivity index (χ1n) is 8.05. The zero-order valence-corrected chi connectivity index (χ0v) is 13.4. The number of piperidine rings is 1. The summed E-state index contributed by atoms with van der Waals surface area (Å²) in [6.45, 7) is 5.98. The lowest BCUT2D eigenvalue weighted by atomic mass is 10.1. The second-order valence-electron chi connectivity index (χ2n) is 5.90. The molecule has 23 heavy (non-hydrogen) atoms. The molecule has 0 N–H and O–H groups in total. The Morgan fingerprint density at radius 2 is 2.13 bits per heavy atom. The number of rotatable bonds is 6. The number of hydrogen-bond acceptors (Lipinski definition) is 6. The molecular formula is C16H22N4O3. The van der Waals surface area contributed by atoms with Gasteiger partial charge in [0.05, 0.1) is 18.3 Å². The van der Waals surface area contributed by atoms with Crippen molar-refractivity contribution in [2.24, 2.45) is 0 Å². The molecule has 0 aromatic carbocycles. The predicted octanol–water partition coefficient (Wildman–Crippen LogP) is 2.02. The molecule has 0 spiro atoms. The third-order valence-corrected chi connectivity index (χ3v) is 3.99. The Labute approximate surface area is 135 Å². The summed E-state index contributed by atoms with van der Waals surface area (Å²) in [6, 6.07) is 1.75. The second kappa shape index (κ2) is 7.41. The van der Waals surface area contributed by atoms with Crippen molar-refractivity contribution in [2.45, 2.75) is 39.3 Å². The van der Waals surface area contributed by atoms with E-state index in [1.807, 2.05) is 0 Å². The minimum atomic E-state index is -0.394. The van der Waals surface area contributed by atoms with Crippen LogP contribution in [-0.4, -0.2) is 45.4 Å². The van der Waals surface area contributed by atoms with Gasteiger partial charge in [-0.15, -0.1) is 0 Å². The van der Waals surface area contributed by atoms with Crippen LogP contribution in [0.3, 0.4) is 0 Å². The fraction of sp³-hybridized carbons (Fsp3) is 0.562. The molecule has 1 aliphatic rings. The van der Waals surface area contributed by atoms with Gasteiger partial charge < -0.3 is 14.2 Å². The maximum atomic E-state index is 12.0. The van der Waals surface area contributed by atoms with E-state index in [1.165, 1.54) is 19.3 Å². The molecule has 0 saturated carbocycles. The SMILES string of the molecule is Cc1cc(COC(=O)c2cnn(CCN3CCCCC3)c2)no1. The van der Waals surface area contributed by atoms with Crippen LogP contribution < -0.4 is 0 Å². The van der Waals surface area contributed by atoms with Crippen LogP contribution in [0, 0.1) is 6.92 Å². The molecule has 3 rings (SSSR count). The number of hydrogen-bond donors (Lipinski definition) is 0. The standard InChI is InChI=1S/C16H22N4O3/c1-13-9-15(18-23-13)12-22-16(21)14-10-17-20(11-14)8-7-19-5-3-2-4-6-19/h9-11H,2-8,12H2,1H3. The molecule has 0 atom stereocenters. The Kier molecular flexibility index (Phi) is 5.07. The van der Waals surface area contributed by atoms with Crippen molar-refractivity contribution in [1.82, 2.24) is 19.8 Å². The lowest BCUT2D eigenvalue weighted by molar-refractivity contribution is 0.0464. The summed E-state index contributed by atoms with van der Waals surface area (Å²) < 4.78 is 11.9. The minimum absolute atomic E-state index is 0.106. The first-order chi connectivity index (χ1) is 11.2. The van der Waals surface area contributed by atoms with Gasteiger partial charge in [-0.25, -0.2) is 4.79 Å².